The molecule has 1 amide bonds. The second-order valence-corrected chi connectivity index (χ2v) is 7.64. The fourth-order valence-corrected chi connectivity index (χ4v) is 3.28. The Balaban J connectivity index is 2.29. The predicted molar refractivity (Wildman–Crippen MR) is 95.9 cm³/mol. The predicted octanol–water partition coefficient (Wildman–Crippen LogP) is 4.03. The van der Waals surface area contributed by atoms with Gasteiger partial charge in [0, 0.05) is 6.04 Å². The van der Waals surface area contributed by atoms with Crippen molar-refractivity contribution in [3.8, 4) is 0 Å². The lowest BCUT2D eigenvalue weighted by molar-refractivity contribution is -0.137. The minimum absolute atomic E-state index is 0.0400. The van der Waals surface area contributed by atoms with Crippen molar-refractivity contribution < 1.29 is 26.4 Å². The van der Waals surface area contributed by atoms with E-state index in [1.807, 2.05) is 13.8 Å². The zero-order valence-electron chi connectivity index (χ0n) is 14.7. The van der Waals surface area contributed by atoms with Crippen molar-refractivity contribution in [2.24, 2.45) is 0 Å². The van der Waals surface area contributed by atoms with Crippen LogP contribution in [0, 0.1) is 0 Å². The molecular formula is C18H19F3N2O3S. The number of carbonyl (C=O) groups is 1. The molecule has 0 radical (unpaired) electrons. The third-order valence-electron chi connectivity index (χ3n) is 3.90. The van der Waals surface area contributed by atoms with Crippen LogP contribution in [0.1, 0.15) is 36.2 Å². The summed E-state index contributed by atoms with van der Waals surface area (Å²) in [5.74, 6) is -0.449. The number of para-hydroxylation sites is 1. The quantitative estimate of drug-likeness (QED) is 0.769. The van der Waals surface area contributed by atoms with Crippen LogP contribution < -0.4 is 10.0 Å². The molecule has 2 rings (SSSR count). The van der Waals surface area contributed by atoms with Crippen LogP contribution in [0.15, 0.2) is 53.4 Å². The van der Waals surface area contributed by atoms with Gasteiger partial charge in [0.05, 0.1) is 21.7 Å². The summed E-state index contributed by atoms with van der Waals surface area (Å²) in [5.41, 5.74) is -0.790. The van der Waals surface area contributed by atoms with Crippen LogP contribution in [0.5, 0.6) is 0 Å². The molecule has 1 atom stereocenters. The van der Waals surface area contributed by atoms with E-state index in [1.54, 1.807) is 12.1 Å². The van der Waals surface area contributed by atoms with Crippen LogP contribution in [0.2, 0.25) is 0 Å². The molecule has 0 heterocycles. The fourth-order valence-electron chi connectivity index (χ4n) is 2.20. The molecule has 1 unspecified atom stereocenters. The number of alkyl halides is 3. The van der Waals surface area contributed by atoms with E-state index in [-0.39, 0.29) is 22.2 Å². The lowest BCUT2D eigenvalue weighted by Gasteiger charge is -2.15. The Morgan fingerprint density at radius 1 is 1.07 bits per heavy atom. The highest BCUT2D eigenvalue weighted by Crippen LogP contribution is 2.30. The van der Waals surface area contributed by atoms with E-state index in [1.165, 1.54) is 12.1 Å². The molecule has 146 valence electrons. The molecule has 27 heavy (non-hydrogen) atoms. The summed E-state index contributed by atoms with van der Waals surface area (Å²) in [5, 5.41) is 2.74. The first-order valence-electron chi connectivity index (χ1n) is 8.14. The van der Waals surface area contributed by atoms with Gasteiger partial charge in [-0.25, -0.2) is 8.42 Å². The van der Waals surface area contributed by atoms with Crippen molar-refractivity contribution in [2.75, 3.05) is 4.72 Å². The molecule has 0 bridgehead atoms. The standard InChI is InChI=1S/C18H19F3N2O3S/c1-3-12(2)22-17(24)15-6-4-5-7-16(15)23-27(25,26)14-10-8-13(9-11-14)18(19,20)21/h4-12,23H,3H2,1-2H3,(H,22,24). The molecule has 2 aromatic carbocycles. The normalized spacial score (nSPS) is 13.1. The monoisotopic (exact) mass is 400 g/mol. The minimum atomic E-state index is -4.56. The van der Waals surface area contributed by atoms with Gasteiger partial charge in [-0.3, -0.25) is 9.52 Å². The second kappa shape index (κ2) is 7.99. The first-order chi connectivity index (χ1) is 12.5. The number of benzene rings is 2. The Morgan fingerprint density at radius 3 is 2.22 bits per heavy atom. The molecule has 0 saturated heterocycles. The van der Waals surface area contributed by atoms with E-state index in [4.69, 9.17) is 0 Å². The number of anilines is 1. The molecular weight excluding hydrogens is 381 g/mol. The molecule has 9 heteroatoms. The van der Waals surface area contributed by atoms with Crippen LogP contribution in [0.3, 0.4) is 0 Å². The van der Waals surface area contributed by atoms with Crippen molar-refractivity contribution in [1.82, 2.24) is 5.32 Å². The Labute approximate surface area is 155 Å². The molecule has 0 aliphatic heterocycles. The van der Waals surface area contributed by atoms with Gasteiger partial charge >= 0.3 is 6.18 Å². The lowest BCUT2D eigenvalue weighted by atomic mass is 10.1. The fraction of sp³-hybridized carbons (Fsp3) is 0.278. The van der Waals surface area contributed by atoms with Crippen LogP contribution in [0.4, 0.5) is 18.9 Å². The van der Waals surface area contributed by atoms with E-state index in [2.05, 4.69) is 10.0 Å². The van der Waals surface area contributed by atoms with E-state index >= 15 is 0 Å². The number of hydrogen-bond acceptors (Lipinski definition) is 3. The van der Waals surface area contributed by atoms with Crippen LogP contribution in [0.25, 0.3) is 0 Å². The first kappa shape index (κ1) is 20.8. The maximum Gasteiger partial charge on any atom is 0.416 e. The van der Waals surface area contributed by atoms with Crippen molar-refractivity contribution in [3.05, 3.63) is 59.7 Å². The average Bonchev–Trinajstić information content (AvgIpc) is 2.61. The van der Waals surface area contributed by atoms with Gasteiger partial charge in [0.1, 0.15) is 0 Å². The van der Waals surface area contributed by atoms with Gasteiger partial charge in [-0.1, -0.05) is 19.1 Å². The molecule has 0 spiro atoms. The van der Waals surface area contributed by atoms with Crippen LogP contribution >= 0.6 is 0 Å². The SMILES string of the molecule is CCC(C)NC(=O)c1ccccc1NS(=O)(=O)c1ccc(C(F)(F)F)cc1. The van der Waals surface area contributed by atoms with Crippen LogP contribution in [-0.2, 0) is 16.2 Å². The van der Waals surface area contributed by atoms with Gasteiger partial charge in [0.2, 0.25) is 0 Å². The van der Waals surface area contributed by atoms with Gasteiger partial charge < -0.3 is 5.32 Å². The maximum absolute atomic E-state index is 12.6. The lowest BCUT2D eigenvalue weighted by Crippen LogP contribution is -2.32. The summed E-state index contributed by atoms with van der Waals surface area (Å²) in [6.07, 6.45) is -3.86. The summed E-state index contributed by atoms with van der Waals surface area (Å²) in [4.78, 5) is 12.0. The van der Waals surface area contributed by atoms with E-state index in [0.29, 0.717) is 18.6 Å². The molecule has 0 saturated carbocycles. The highest BCUT2D eigenvalue weighted by Gasteiger charge is 2.30. The van der Waals surface area contributed by atoms with Gasteiger partial charge in [-0.2, -0.15) is 13.2 Å². The summed E-state index contributed by atoms with van der Waals surface area (Å²) in [6, 6.07) is 9.02. The van der Waals surface area contributed by atoms with Gasteiger partial charge in [-0.15, -0.1) is 0 Å². The maximum atomic E-state index is 12.6. The Kier molecular flexibility index (Phi) is 6.15. The van der Waals surface area contributed by atoms with E-state index in [9.17, 15) is 26.4 Å². The minimum Gasteiger partial charge on any atom is -0.350 e. The van der Waals surface area contributed by atoms with E-state index < -0.39 is 27.7 Å². The molecule has 0 fully saturated rings. The zero-order valence-corrected chi connectivity index (χ0v) is 15.5. The zero-order chi connectivity index (χ0) is 20.2. The summed E-state index contributed by atoms with van der Waals surface area (Å²) < 4.78 is 65.1. The summed E-state index contributed by atoms with van der Waals surface area (Å²) in [7, 11) is -4.16. The molecule has 0 aliphatic rings. The smallest absolute Gasteiger partial charge is 0.350 e. The Hall–Kier alpha value is -2.55. The molecule has 2 N–H and O–H groups in total. The molecule has 0 aliphatic carbocycles. The van der Waals surface area contributed by atoms with Crippen molar-refractivity contribution in [3.63, 3.8) is 0 Å². The largest absolute Gasteiger partial charge is 0.416 e. The number of amides is 1. The number of rotatable bonds is 6. The highest BCUT2D eigenvalue weighted by molar-refractivity contribution is 7.92. The number of halogens is 3. The molecule has 5 nitrogen and oxygen atoms in total. The van der Waals surface area contributed by atoms with Gasteiger partial charge in [0.25, 0.3) is 15.9 Å². The van der Waals surface area contributed by atoms with Crippen molar-refractivity contribution in [2.45, 2.75) is 37.4 Å². The topological polar surface area (TPSA) is 75.3 Å². The third kappa shape index (κ3) is 5.22. The van der Waals surface area contributed by atoms with Crippen LogP contribution in [-0.4, -0.2) is 20.4 Å². The third-order valence-corrected chi connectivity index (χ3v) is 5.28. The van der Waals surface area contributed by atoms with Gasteiger partial charge in [-0.05, 0) is 49.7 Å². The first-order valence-corrected chi connectivity index (χ1v) is 9.63. The Bertz CT molecular complexity index is 910. The highest BCUT2D eigenvalue weighted by atomic mass is 32.2. The number of sulfonamides is 1. The summed E-state index contributed by atoms with van der Waals surface area (Å²) in [6.45, 7) is 3.71. The average molecular weight is 400 g/mol. The van der Waals surface area contributed by atoms with E-state index in [0.717, 1.165) is 12.1 Å². The van der Waals surface area contributed by atoms with Gasteiger partial charge in [0.15, 0.2) is 0 Å². The molecule has 2 aromatic rings. The van der Waals surface area contributed by atoms with Crippen molar-refractivity contribution >= 4 is 21.6 Å². The second-order valence-electron chi connectivity index (χ2n) is 5.96. The number of hydrogen-bond donors (Lipinski definition) is 2. The summed E-state index contributed by atoms with van der Waals surface area (Å²) >= 11 is 0. The number of carbonyl (C=O) groups excluding carboxylic acids is 1. The Morgan fingerprint density at radius 2 is 1.67 bits per heavy atom. The van der Waals surface area contributed by atoms with Crippen molar-refractivity contribution in [1.29, 1.82) is 0 Å². The number of nitrogens with one attached hydrogen (secondary N) is 2. The molecule has 0 aromatic heterocycles.